The summed E-state index contributed by atoms with van der Waals surface area (Å²) in [4.78, 5) is 0. The molecule has 0 radical (unpaired) electrons. The maximum atomic E-state index is 12.2. The second-order valence-electron chi connectivity index (χ2n) is 3.84. The SMILES string of the molecule is CCCNC(CCC(F)(F)F)c1csc(Br)c1. The van der Waals surface area contributed by atoms with Crippen LogP contribution in [0.1, 0.15) is 37.8 Å². The number of hydrogen-bond donors (Lipinski definition) is 1. The smallest absolute Gasteiger partial charge is 0.310 e. The fourth-order valence-corrected chi connectivity index (χ4v) is 2.75. The van der Waals surface area contributed by atoms with Gasteiger partial charge in [-0.25, -0.2) is 0 Å². The Hall–Kier alpha value is -0.0700. The largest absolute Gasteiger partial charge is 0.389 e. The minimum absolute atomic E-state index is 0.0900. The van der Waals surface area contributed by atoms with Gasteiger partial charge in [0.05, 0.1) is 3.79 Å². The van der Waals surface area contributed by atoms with Crippen molar-refractivity contribution in [3.63, 3.8) is 0 Å². The Morgan fingerprint density at radius 2 is 2.18 bits per heavy atom. The minimum Gasteiger partial charge on any atom is -0.310 e. The van der Waals surface area contributed by atoms with Crippen LogP contribution in [0.2, 0.25) is 0 Å². The fraction of sp³-hybridized carbons (Fsp3) is 0.636. The van der Waals surface area contributed by atoms with E-state index in [1.54, 1.807) is 0 Å². The van der Waals surface area contributed by atoms with Gasteiger partial charge in [0.1, 0.15) is 0 Å². The van der Waals surface area contributed by atoms with Crippen molar-refractivity contribution in [1.82, 2.24) is 5.32 Å². The molecular formula is C11H15BrF3NS. The molecule has 0 aliphatic carbocycles. The first-order valence-electron chi connectivity index (χ1n) is 5.46. The number of nitrogens with one attached hydrogen (secondary N) is 1. The number of thiophene rings is 1. The van der Waals surface area contributed by atoms with Crippen LogP contribution >= 0.6 is 27.3 Å². The molecule has 0 aliphatic heterocycles. The van der Waals surface area contributed by atoms with Gasteiger partial charge in [0.15, 0.2) is 0 Å². The van der Waals surface area contributed by atoms with Crippen LogP contribution in [0.25, 0.3) is 0 Å². The van der Waals surface area contributed by atoms with Gasteiger partial charge in [-0.05, 0) is 52.3 Å². The van der Waals surface area contributed by atoms with E-state index >= 15 is 0 Å². The van der Waals surface area contributed by atoms with Crippen molar-refractivity contribution in [2.45, 2.75) is 38.4 Å². The lowest BCUT2D eigenvalue weighted by Crippen LogP contribution is -2.23. The summed E-state index contributed by atoms with van der Waals surface area (Å²) < 4.78 is 37.6. The molecule has 0 saturated carbocycles. The zero-order valence-electron chi connectivity index (χ0n) is 9.48. The van der Waals surface area contributed by atoms with Gasteiger partial charge < -0.3 is 5.32 Å². The molecule has 0 bridgehead atoms. The molecule has 6 heteroatoms. The summed E-state index contributed by atoms with van der Waals surface area (Å²) in [6.07, 6.45) is -3.83. The van der Waals surface area contributed by atoms with E-state index < -0.39 is 12.6 Å². The second kappa shape index (κ2) is 6.75. The lowest BCUT2D eigenvalue weighted by molar-refractivity contribution is -0.136. The second-order valence-corrected chi connectivity index (χ2v) is 6.14. The van der Waals surface area contributed by atoms with Gasteiger partial charge in [0.25, 0.3) is 0 Å². The van der Waals surface area contributed by atoms with E-state index in [1.807, 2.05) is 18.4 Å². The average molecular weight is 330 g/mol. The summed E-state index contributed by atoms with van der Waals surface area (Å²) in [5, 5.41) is 5.05. The molecule has 1 aromatic heterocycles. The molecule has 0 aromatic carbocycles. The minimum atomic E-state index is -4.08. The summed E-state index contributed by atoms with van der Waals surface area (Å²) in [5.41, 5.74) is 0.930. The summed E-state index contributed by atoms with van der Waals surface area (Å²) in [6, 6.07) is 1.67. The molecule has 1 rings (SSSR count). The molecule has 17 heavy (non-hydrogen) atoms. The van der Waals surface area contributed by atoms with E-state index in [0.29, 0.717) is 0 Å². The predicted molar refractivity (Wildman–Crippen MR) is 68.3 cm³/mol. The summed E-state index contributed by atoms with van der Waals surface area (Å²) in [6.45, 7) is 2.73. The Morgan fingerprint density at radius 1 is 1.47 bits per heavy atom. The van der Waals surface area contributed by atoms with Crippen LogP contribution in [0.3, 0.4) is 0 Å². The van der Waals surface area contributed by atoms with Gasteiger partial charge in [-0.15, -0.1) is 11.3 Å². The molecular weight excluding hydrogens is 315 g/mol. The van der Waals surface area contributed by atoms with Crippen LogP contribution in [0, 0.1) is 0 Å². The highest BCUT2D eigenvalue weighted by molar-refractivity contribution is 9.11. The maximum Gasteiger partial charge on any atom is 0.389 e. The van der Waals surface area contributed by atoms with Crippen LogP contribution in [-0.2, 0) is 0 Å². The zero-order valence-corrected chi connectivity index (χ0v) is 11.9. The van der Waals surface area contributed by atoms with E-state index in [-0.39, 0.29) is 12.5 Å². The van der Waals surface area contributed by atoms with Crippen LogP contribution in [0.5, 0.6) is 0 Å². The van der Waals surface area contributed by atoms with Crippen LogP contribution in [-0.4, -0.2) is 12.7 Å². The van der Waals surface area contributed by atoms with Gasteiger partial charge in [0.2, 0.25) is 0 Å². The molecule has 1 heterocycles. The standard InChI is InChI=1S/C11H15BrF3NS/c1-2-5-16-9(3-4-11(13,14)15)8-6-10(12)17-7-8/h6-7,9,16H,2-5H2,1H3. The molecule has 0 amide bonds. The lowest BCUT2D eigenvalue weighted by Gasteiger charge is -2.18. The third-order valence-corrected chi connectivity index (χ3v) is 3.87. The Labute approximate surface area is 112 Å². The fourth-order valence-electron chi connectivity index (χ4n) is 1.52. The molecule has 98 valence electrons. The molecule has 0 fully saturated rings. The molecule has 1 aromatic rings. The summed E-state index contributed by atoms with van der Waals surface area (Å²) >= 11 is 4.82. The van der Waals surface area contributed by atoms with E-state index in [2.05, 4.69) is 21.2 Å². The van der Waals surface area contributed by atoms with Crippen LogP contribution < -0.4 is 5.32 Å². The molecule has 0 saturated heterocycles. The molecule has 0 aliphatic rings. The van der Waals surface area contributed by atoms with Gasteiger partial charge in [-0.1, -0.05) is 6.92 Å². The van der Waals surface area contributed by atoms with Crippen molar-refractivity contribution in [2.75, 3.05) is 6.54 Å². The Bertz CT molecular complexity index is 338. The highest BCUT2D eigenvalue weighted by atomic mass is 79.9. The number of halogens is 4. The molecule has 1 atom stereocenters. The van der Waals surface area contributed by atoms with Gasteiger partial charge in [-0.2, -0.15) is 13.2 Å². The predicted octanol–water partition coefficient (Wildman–Crippen LogP) is 4.89. The molecule has 1 N–H and O–H groups in total. The molecule has 1 unspecified atom stereocenters. The third kappa shape index (κ3) is 5.88. The monoisotopic (exact) mass is 329 g/mol. The van der Waals surface area contributed by atoms with E-state index in [9.17, 15) is 13.2 Å². The first-order chi connectivity index (χ1) is 7.92. The van der Waals surface area contributed by atoms with Crippen molar-refractivity contribution in [1.29, 1.82) is 0 Å². The zero-order chi connectivity index (χ0) is 12.9. The van der Waals surface area contributed by atoms with Crippen molar-refractivity contribution >= 4 is 27.3 Å². The number of hydrogen-bond acceptors (Lipinski definition) is 2. The van der Waals surface area contributed by atoms with Crippen molar-refractivity contribution < 1.29 is 13.2 Å². The molecule has 1 nitrogen and oxygen atoms in total. The maximum absolute atomic E-state index is 12.2. The highest BCUT2D eigenvalue weighted by Gasteiger charge is 2.28. The normalized spacial score (nSPS) is 13.9. The Morgan fingerprint density at radius 3 is 2.65 bits per heavy atom. The van der Waals surface area contributed by atoms with Crippen molar-refractivity contribution in [3.05, 3.63) is 20.8 Å². The van der Waals surface area contributed by atoms with Crippen molar-refractivity contribution in [3.8, 4) is 0 Å². The summed E-state index contributed by atoms with van der Waals surface area (Å²) in [5.74, 6) is 0. The number of rotatable bonds is 6. The number of alkyl halides is 3. The quantitative estimate of drug-likeness (QED) is 0.783. The van der Waals surface area contributed by atoms with Crippen LogP contribution in [0.4, 0.5) is 13.2 Å². The topological polar surface area (TPSA) is 12.0 Å². The van der Waals surface area contributed by atoms with Gasteiger partial charge >= 0.3 is 6.18 Å². The highest BCUT2D eigenvalue weighted by Crippen LogP contribution is 2.31. The van der Waals surface area contributed by atoms with Gasteiger partial charge in [0, 0.05) is 12.5 Å². The van der Waals surface area contributed by atoms with Crippen molar-refractivity contribution in [2.24, 2.45) is 0 Å². The Kier molecular flexibility index (Phi) is 5.95. The first-order valence-corrected chi connectivity index (χ1v) is 7.13. The first kappa shape index (κ1) is 15.0. The molecule has 0 spiro atoms. The third-order valence-electron chi connectivity index (χ3n) is 2.35. The van der Waals surface area contributed by atoms with E-state index in [4.69, 9.17) is 0 Å². The van der Waals surface area contributed by atoms with Gasteiger partial charge in [-0.3, -0.25) is 0 Å². The van der Waals surface area contributed by atoms with E-state index in [1.165, 1.54) is 11.3 Å². The average Bonchev–Trinajstić information content (AvgIpc) is 2.63. The lowest BCUT2D eigenvalue weighted by atomic mass is 10.1. The van der Waals surface area contributed by atoms with Crippen LogP contribution in [0.15, 0.2) is 15.2 Å². The Balaban J connectivity index is 2.60. The summed E-state index contributed by atoms with van der Waals surface area (Å²) in [7, 11) is 0. The van der Waals surface area contributed by atoms with E-state index in [0.717, 1.165) is 22.3 Å².